The zero-order valence-electron chi connectivity index (χ0n) is 11.2. The molecule has 0 spiro atoms. The molecule has 0 unspecified atom stereocenters. The highest BCUT2D eigenvalue weighted by atomic mass is 16.5. The molecule has 0 aliphatic carbocycles. The second-order valence-corrected chi connectivity index (χ2v) is 3.86. The van der Waals surface area contributed by atoms with E-state index in [1.807, 2.05) is 0 Å². The third-order valence-electron chi connectivity index (χ3n) is 2.42. The van der Waals surface area contributed by atoms with Gasteiger partial charge >= 0.3 is 0 Å². The molecule has 104 valence electrons. The average molecular weight is 265 g/mol. The molecule has 0 aromatic heterocycles. The van der Waals surface area contributed by atoms with Crippen molar-refractivity contribution in [3.05, 3.63) is 29.8 Å². The third-order valence-corrected chi connectivity index (χ3v) is 2.42. The maximum Gasteiger partial charge on any atom is 0.251 e. The molecule has 0 heterocycles. The van der Waals surface area contributed by atoms with Gasteiger partial charge in [0.1, 0.15) is 5.75 Å². The minimum Gasteiger partial charge on any atom is -0.497 e. The Labute approximate surface area is 112 Å². The second kappa shape index (κ2) is 8.10. The lowest BCUT2D eigenvalue weighted by molar-refractivity contribution is -0.120. The van der Waals surface area contributed by atoms with Crippen LogP contribution in [-0.2, 0) is 4.79 Å². The van der Waals surface area contributed by atoms with Crippen LogP contribution >= 0.6 is 0 Å². The van der Waals surface area contributed by atoms with E-state index < -0.39 is 0 Å². The van der Waals surface area contributed by atoms with Gasteiger partial charge in [0.2, 0.25) is 5.91 Å². The summed E-state index contributed by atoms with van der Waals surface area (Å²) in [6, 6.07) is 6.83. The van der Waals surface area contributed by atoms with Gasteiger partial charge in [0, 0.05) is 18.7 Å². The van der Waals surface area contributed by atoms with Crippen LogP contribution in [0.15, 0.2) is 24.3 Å². The van der Waals surface area contributed by atoms with E-state index in [0.29, 0.717) is 24.4 Å². The Kier molecular flexibility index (Phi) is 6.38. The molecular weight excluding hydrogens is 246 g/mol. The first-order valence-electron chi connectivity index (χ1n) is 6.01. The van der Waals surface area contributed by atoms with Gasteiger partial charge in [0.15, 0.2) is 0 Å². The summed E-state index contributed by atoms with van der Waals surface area (Å²) in [5, 5.41) is 8.13. The summed E-state index contributed by atoms with van der Waals surface area (Å²) in [5.74, 6) is 0.433. The van der Waals surface area contributed by atoms with Crippen molar-refractivity contribution < 1.29 is 14.3 Å². The van der Waals surface area contributed by atoms with Crippen LogP contribution < -0.4 is 20.7 Å². The molecule has 0 aliphatic heterocycles. The van der Waals surface area contributed by atoms with Gasteiger partial charge < -0.3 is 20.7 Å². The van der Waals surface area contributed by atoms with Crippen LogP contribution in [0, 0.1) is 0 Å². The first-order valence-corrected chi connectivity index (χ1v) is 6.01. The van der Waals surface area contributed by atoms with Crippen LogP contribution in [0.3, 0.4) is 0 Å². The van der Waals surface area contributed by atoms with E-state index in [1.54, 1.807) is 38.4 Å². The number of nitrogens with one attached hydrogen (secondary N) is 3. The van der Waals surface area contributed by atoms with Gasteiger partial charge in [-0.25, -0.2) is 0 Å². The Morgan fingerprint density at radius 1 is 1.11 bits per heavy atom. The zero-order valence-corrected chi connectivity index (χ0v) is 11.2. The lowest BCUT2D eigenvalue weighted by Crippen LogP contribution is -2.38. The largest absolute Gasteiger partial charge is 0.497 e. The highest BCUT2D eigenvalue weighted by Gasteiger charge is 2.05. The van der Waals surface area contributed by atoms with Crippen molar-refractivity contribution in [3.63, 3.8) is 0 Å². The number of methoxy groups -OCH3 is 1. The molecule has 6 nitrogen and oxygen atoms in total. The quantitative estimate of drug-likeness (QED) is 0.595. The van der Waals surface area contributed by atoms with Gasteiger partial charge in [-0.1, -0.05) is 0 Å². The van der Waals surface area contributed by atoms with Crippen LogP contribution in [0.4, 0.5) is 0 Å². The summed E-state index contributed by atoms with van der Waals surface area (Å²) < 4.78 is 5.01. The van der Waals surface area contributed by atoms with Crippen molar-refractivity contribution in [3.8, 4) is 5.75 Å². The van der Waals surface area contributed by atoms with Crippen LogP contribution in [-0.4, -0.2) is 45.6 Å². The van der Waals surface area contributed by atoms with Crippen LogP contribution in [0.2, 0.25) is 0 Å². The average Bonchev–Trinajstić information content (AvgIpc) is 2.44. The summed E-state index contributed by atoms with van der Waals surface area (Å²) in [6.07, 6.45) is 0. The van der Waals surface area contributed by atoms with E-state index in [0.717, 1.165) is 0 Å². The maximum absolute atomic E-state index is 11.7. The molecule has 2 amide bonds. The molecule has 3 N–H and O–H groups in total. The smallest absolute Gasteiger partial charge is 0.251 e. The summed E-state index contributed by atoms with van der Waals surface area (Å²) in [4.78, 5) is 22.9. The highest BCUT2D eigenvalue weighted by molar-refractivity contribution is 5.94. The fourth-order valence-electron chi connectivity index (χ4n) is 1.45. The number of carbonyl (C=O) groups excluding carboxylic acids is 2. The Morgan fingerprint density at radius 3 is 2.32 bits per heavy atom. The molecule has 0 bridgehead atoms. The molecule has 0 fully saturated rings. The number of hydrogen-bond donors (Lipinski definition) is 3. The number of carbonyl (C=O) groups is 2. The molecule has 1 rings (SSSR count). The molecule has 1 aromatic rings. The molecule has 6 heteroatoms. The fourth-order valence-corrected chi connectivity index (χ4v) is 1.45. The van der Waals surface area contributed by atoms with E-state index in [4.69, 9.17) is 4.74 Å². The number of ether oxygens (including phenoxy) is 1. The fraction of sp³-hybridized carbons (Fsp3) is 0.385. The monoisotopic (exact) mass is 265 g/mol. The molecular formula is C13H19N3O3. The number of rotatable bonds is 7. The van der Waals surface area contributed by atoms with Crippen LogP contribution in [0.1, 0.15) is 10.4 Å². The van der Waals surface area contributed by atoms with Crippen molar-refractivity contribution in [2.24, 2.45) is 0 Å². The topological polar surface area (TPSA) is 79.5 Å². The first-order chi connectivity index (χ1) is 9.17. The van der Waals surface area contributed by atoms with Gasteiger partial charge in [-0.05, 0) is 31.3 Å². The minimum atomic E-state index is -0.175. The van der Waals surface area contributed by atoms with Crippen molar-refractivity contribution in [1.82, 2.24) is 16.0 Å². The molecule has 0 radical (unpaired) electrons. The maximum atomic E-state index is 11.7. The normalized spacial score (nSPS) is 9.79. The predicted molar refractivity (Wildman–Crippen MR) is 72.3 cm³/mol. The molecule has 0 saturated heterocycles. The van der Waals surface area contributed by atoms with Gasteiger partial charge in [-0.2, -0.15) is 0 Å². The van der Waals surface area contributed by atoms with E-state index >= 15 is 0 Å². The first kappa shape index (κ1) is 15.0. The highest BCUT2D eigenvalue weighted by Crippen LogP contribution is 2.10. The number of benzene rings is 1. The second-order valence-electron chi connectivity index (χ2n) is 3.86. The van der Waals surface area contributed by atoms with Crippen molar-refractivity contribution >= 4 is 11.8 Å². The van der Waals surface area contributed by atoms with Gasteiger partial charge in [-0.15, -0.1) is 0 Å². The lowest BCUT2D eigenvalue weighted by Gasteiger charge is -2.07. The van der Waals surface area contributed by atoms with E-state index in [-0.39, 0.29) is 18.4 Å². The van der Waals surface area contributed by atoms with Gasteiger partial charge in [-0.3, -0.25) is 9.59 Å². The Bertz CT molecular complexity index is 418. The van der Waals surface area contributed by atoms with E-state index in [1.165, 1.54) is 0 Å². The number of amides is 2. The summed E-state index contributed by atoms with van der Waals surface area (Å²) in [7, 11) is 3.27. The summed E-state index contributed by atoms with van der Waals surface area (Å²) >= 11 is 0. The summed E-state index contributed by atoms with van der Waals surface area (Å²) in [6.45, 7) is 1.06. The van der Waals surface area contributed by atoms with Crippen molar-refractivity contribution in [1.29, 1.82) is 0 Å². The van der Waals surface area contributed by atoms with Crippen molar-refractivity contribution in [2.75, 3.05) is 33.8 Å². The Hall–Kier alpha value is -2.08. The number of likely N-dealkylation sites (N-methyl/N-ethyl adjacent to an activating group) is 1. The molecule has 19 heavy (non-hydrogen) atoms. The van der Waals surface area contributed by atoms with E-state index in [9.17, 15) is 9.59 Å². The van der Waals surface area contributed by atoms with Crippen molar-refractivity contribution in [2.45, 2.75) is 0 Å². The molecule has 0 saturated carbocycles. The van der Waals surface area contributed by atoms with Gasteiger partial charge in [0.05, 0.1) is 13.7 Å². The van der Waals surface area contributed by atoms with E-state index in [2.05, 4.69) is 16.0 Å². The zero-order chi connectivity index (χ0) is 14.1. The van der Waals surface area contributed by atoms with Crippen LogP contribution in [0.5, 0.6) is 5.75 Å². The molecule has 0 atom stereocenters. The minimum absolute atomic E-state index is 0.0961. The summed E-state index contributed by atoms with van der Waals surface area (Å²) in [5.41, 5.74) is 0.558. The standard InChI is InChI=1S/C13H19N3O3/c1-14-9-12(17)15-7-8-16-13(18)10-3-5-11(19-2)6-4-10/h3-6,14H,7-9H2,1-2H3,(H,15,17)(H,16,18). The van der Waals surface area contributed by atoms with Crippen LogP contribution in [0.25, 0.3) is 0 Å². The molecule has 0 aliphatic rings. The molecule has 1 aromatic carbocycles. The SMILES string of the molecule is CNCC(=O)NCCNC(=O)c1ccc(OC)cc1. The Morgan fingerprint density at radius 2 is 1.74 bits per heavy atom. The third kappa shape index (κ3) is 5.39. The lowest BCUT2D eigenvalue weighted by atomic mass is 10.2. The Balaban J connectivity index is 2.29. The predicted octanol–water partition coefficient (Wildman–Crippen LogP) is -0.239. The van der Waals surface area contributed by atoms with Gasteiger partial charge in [0.25, 0.3) is 5.91 Å². The number of hydrogen-bond acceptors (Lipinski definition) is 4.